The van der Waals surface area contributed by atoms with Crippen LogP contribution in [0.5, 0.6) is 0 Å². The van der Waals surface area contributed by atoms with E-state index in [1.807, 2.05) is 6.20 Å². The zero-order valence-electron chi connectivity index (χ0n) is 21.6. The van der Waals surface area contributed by atoms with Gasteiger partial charge in [-0.2, -0.15) is 0 Å². The van der Waals surface area contributed by atoms with E-state index >= 15 is 0 Å². The molecular weight excluding hydrogens is 486 g/mol. The minimum atomic E-state index is 0.933. The van der Waals surface area contributed by atoms with E-state index in [2.05, 4.69) is 143 Å². The molecule has 9 rings (SSSR count). The van der Waals surface area contributed by atoms with Gasteiger partial charge in [0.1, 0.15) is 5.82 Å². The summed E-state index contributed by atoms with van der Waals surface area (Å²) in [6.45, 7) is 0. The normalized spacial score (nSPS) is 12.0. The van der Waals surface area contributed by atoms with Crippen molar-refractivity contribution in [1.82, 2.24) is 14.1 Å². The van der Waals surface area contributed by atoms with Gasteiger partial charge in [-0.15, -0.1) is 0 Å². The van der Waals surface area contributed by atoms with Crippen LogP contribution in [-0.2, 0) is 0 Å². The lowest BCUT2D eigenvalue weighted by Crippen LogP contribution is -1.97. The van der Waals surface area contributed by atoms with Crippen LogP contribution in [0.3, 0.4) is 0 Å². The smallest absolute Gasteiger partial charge is 0.138 e. The number of hydrogen-bond acceptors (Lipinski definition) is 1. The fourth-order valence-corrected chi connectivity index (χ4v) is 6.55. The second-order valence-corrected chi connectivity index (χ2v) is 10.5. The van der Waals surface area contributed by atoms with Crippen LogP contribution < -0.4 is 0 Å². The first-order chi connectivity index (χ1) is 19.8. The lowest BCUT2D eigenvalue weighted by molar-refractivity contribution is 1.09. The molecule has 0 fully saturated rings. The van der Waals surface area contributed by atoms with E-state index in [1.165, 1.54) is 65.5 Å². The minimum absolute atomic E-state index is 0.933. The maximum atomic E-state index is 4.94. The molecule has 40 heavy (non-hydrogen) atoms. The molecule has 0 radical (unpaired) electrons. The highest BCUT2D eigenvalue weighted by Gasteiger charge is 2.18. The van der Waals surface area contributed by atoms with E-state index in [1.54, 1.807) is 0 Å². The number of para-hydroxylation sites is 3. The van der Waals surface area contributed by atoms with Gasteiger partial charge in [0.25, 0.3) is 0 Å². The van der Waals surface area contributed by atoms with Crippen LogP contribution in [0.4, 0.5) is 0 Å². The van der Waals surface area contributed by atoms with E-state index < -0.39 is 0 Å². The SMILES string of the molecule is c1ccc(-n2c3ccccc3c3c4cc5c(cc4ccc32)c2ccccc2n5-c2cc3ccccc3cn2)cc1. The summed E-state index contributed by atoms with van der Waals surface area (Å²) in [6.07, 6.45) is 1.98. The van der Waals surface area contributed by atoms with Gasteiger partial charge in [-0.25, -0.2) is 4.98 Å². The number of aromatic nitrogens is 3. The van der Waals surface area contributed by atoms with Crippen molar-refractivity contribution >= 4 is 65.2 Å². The maximum absolute atomic E-state index is 4.94. The van der Waals surface area contributed by atoms with Crippen LogP contribution in [0.15, 0.2) is 140 Å². The predicted molar refractivity (Wildman–Crippen MR) is 168 cm³/mol. The Morgan fingerprint density at radius 1 is 0.400 bits per heavy atom. The fraction of sp³-hybridized carbons (Fsp3) is 0. The molecule has 0 aliphatic heterocycles. The van der Waals surface area contributed by atoms with Crippen LogP contribution in [0.2, 0.25) is 0 Å². The molecule has 3 heteroatoms. The average Bonchev–Trinajstić information content (AvgIpc) is 3.53. The summed E-state index contributed by atoms with van der Waals surface area (Å²) in [6, 6.07) is 48.0. The molecular formula is C37H23N3. The molecule has 0 aliphatic rings. The van der Waals surface area contributed by atoms with Crippen molar-refractivity contribution < 1.29 is 0 Å². The monoisotopic (exact) mass is 509 g/mol. The average molecular weight is 510 g/mol. The zero-order chi connectivity index (χ0) is 26.2. The summed E-state index contributed by atoms with van der Waals surface area (Å²) >= 11 is 0. The topological polar surface area (TPSA) is 22.8 Å². The lowest BCUT2D eigenvalue weighted by Gasteiger charge is -2.10. The number of nitrogens with zero attached hydrogens (tertiary/aromatic N) is 3. The minimum Gasteiger partial charge on any atom is -0.309 e. The Labute approximate surface area is 230 Å². The number of pyridine rings is 1. The standard InChI is InChI=1S/C37H23N3/c1-2-12-27(13-3-1)39-33-17-9-7-15-29(33)37-30-22-35-31(20-25(30)18-19-34(37)39)28-14-6-8-16-32(28)40(35)36-21-24-10-4-5-11-26(24)23-38-36/h1-23H. The first kappa shape index (κ1) is 21.5. The third kappa shape index (κ3) is 2.92. The highest BCUT2D eigenvalue weighted by molar-refractivity contribution is 6.24. The molecule has 0 atom stereocenters. The quantitative estimate of drug-likeness (QED) is 0.227. The van der Waals surface area contributed by atoms with Crippen molar-refractivity contribution in [2.45, 2.75) is 0 Å². The van der Waals surface area contributed by atoms with Gasteiger partial charge in [-0.1, -0.05) is 84.9 Å². The molecule has 9 aromatic rings. The van der Waals surface area contributed by atoms with Gasteiger partial charge in [0.05, 0.1) is 22.1 Å². The number of hydrogen-bond donors (Lipinski definition) is 0. The van der Waals surface area contributed by atoms with E-state index in [0.717, 1.165) is 11.2 Å². The number of benzene rings is 6. The van der Waals surface area contributed by atoms with E-state index in [0.29, 0.717) is 0 Å². The fourth-order valence-electron chi connectivity index (χ4n) is 6.55. The first-order valence-corrected chi connectivity index (χ1v) is 13.6. The third-order valence-corrected chi connectivity index (χ3v) is 8.31. The van der Waals surface area contributed by atoms with Gasteiger partial charge in [0, 0.05) is 38.8 Å². The molecule has 0 spiro atoms. The Balaban J connectivity index is 1.45. The molecule has 3 aromatic heterocycles. The molecule has 6 aromatic carbocycles. The largest absolute Gasteiger partial charge is 0.309 e. The van der Waals surface area contributed by atoms with Gasteiger partial charge in [-0.05, 0) is 64.7 Å². The molecule has 0 bridgehead atoms. The first-order valence-electron chi connectivity index (χ1n) is 13.6. The Hall–Kier alpha value is -5.41. The summed E-state index contributed by atoms with van der Waals surface area (Å²) in [5, 5.41) is 9.84. The summed E-state index contributed by atoms with van der Waals surface area (Å²) in [4.78, 5) is 4.94. The van der Waals surface area contributed by atoms with Crippen LogP contribution in [0.25, 0.3) is 76.7 Å². The highest BCUT2D eigenvalue weighted by Crippen LogP contribution is 2.40. The van der Waals surface area contributed by atoms with Crippen molar-refractivity contribution in [3.8, 4) is 11.5 Å². The van der Waals surface area contributed by atoms with Crippen LogP contribution in [-0.4, -0.2) is 14.1 Å². The Morgan fingerprint density at radius 3 is 1.95 bits per heavy atom. The number of fused-ring (bicyclic) bond motifs is 9. The summed E-state index contributed by atoms with van der Waals surface area (Å²) in [7, 11) is 0. The van der Waals surface area contributed by atoms with E-state index in [9.17, 15) is 0 Å². The second-order valence-electron chi connectivity index (χ2n) is 10.5. The maximum Gasteiger partial charge on any atom is 0.138 e. The van der Waals surface area contributed by atoms with Gasteiger partial charge >= 0.3 is 0 Å². The molecule has 0 saturated carbocycles. The molecule has 0 amide bonds. The molecule has 0 N–H and O–H groups in total. The zero-order valence-corrected chi connectivity index (χ0v) is 21.6. The second kappa shape index (κ2) is 8.05. The van der Waals surface area contributed by atoms with Crippen LogP contribution in [0, 0.1) is 0 Å². The van der Waals surface area contributed by atoms with Crippen molar-refractivity contribution in [3.05, 3.63) is 140 Å². The van der Waals surface area contributed by atoms with Gasteiger partial charge in [-0.3, -0.25) is 4.57 Å². The van der Waals surface area contributed by atoms with E-state index in [-0.39, 0.29) is 0 Å². The van der Waals surface area contributed by atoms with Gasteiger partial charge in [0.2, 0.25) is 0 Å². The summed E-state index contributed by atoms with van der Waals surface area (Å²) in [5.41, 5.74) is 5.93. The molecule has 3 heterocycles. The van der Waals surface area contributed by atoms with Gasteiger partial charge < -0.3 is 4.57 Å². The van der Waals surface area contributed by atoms with Crippen molar-refractivity contribution in [3.63, 3.8) is 0 Å². The van der Waals surface area contributed by atoms with Crippen LogP contribution >= 0.6 is 0 Å². The van der Waals surface area contributed by atoms with Crippen molar-refractivity contribution in [1.29, 1.82) is 0 Å². The molecule has 186 valence electrons. The van der Waals surface area contributed by atoms with Crippen molar-refractivity contribution in [2.24, 2.45) is 0 Å². The Kier molecular flexibility index (Phi) is 4.33. The van der Waals surface area contributed by atoms with Crippen LogP contribution in [0.1, 0.15) is 0 Å². The molecule has 3 nitrogen and oxygen atoms in total. The Bertz CT molecular complexity index is 2430. The lowest BCUT2D eigenvalue weighted by atomic mass is 10.0. The summed E-state index contributed by atoms with van der Waals surface area (Å²) in [5.74, 6) is 0.933. The molecule has 0 saturated heterocycles. The Morgan fingerprint density at radius 2 is 1.10 bits per heavy atom. The molecule has 0 unspecified atom stereocenters. The summed E-state index contributed by atoms with van der Waals surface area (Å²) < 4.78 is 4.71. The molecule has 0 aliphatic carbocycles. The number of rotatable bonds is 2. The third-order valence-electron chi connectivity index (χ3n) is 8.31. The van der Waals surface area contributed by atoms with Gasteiger partial charge in [0.15, 0.2) is 0 Å². The van der Waals surface area contributed by atoms with E-state index in [4.69, 9.17) is 4.98 Å². The predicted octanol–water partition coefficient (Wildman–Crippen LogP) is 9.58. The van der Waals surface area contributed by atoms with Crippen molar-refractivity contribution in [2.75, 3.05) is 0 Å². The highest BCUT2D eigenvalue weighted by atomic mass is 15.1.